The molecule has 3 aromatic heterocycles. The molecule has 57 heavy (non-hydrogen) atoms. The zero-order chi connectivity index (χ0) is 37.5. The Balaban J connectivity index is 0.961. The molecule has 0 fully saturated rings. The summed E-state index contributed by atoms with van der Waals surface area (Å²) in [7, 11) is 0. The fraction of sp³-hybridized carbons (Fsp3) is 0.0588. The summed E-state index contributed by atoms with van der Waals surface area (Å²) in [5, 5.41) is 10.3. The molecule has 10 aromatic rings. The normalized spacial score (nSPS) is 15.8. The van der Waals surface area contributed by atoms with Crippen LogP contribution < -0.4 is 5.32 Å². The molecule has 270 valence electrons. The number of aliphatic imine (C=N–C) groups is 2. The number of hydrogen-bond donors (Lipinski definition) is 1. The first kappa shape index (κ1) is 31.9. The zero-order valence-corrected chi connectivity index (χ0v) is 30.8. The maximum absolute atomic E-state index is 6.97. The van der Waals surface area contributed by atoms with Crippen molar-refractivity contribution in [2.75, 3.05) is 0 Å². The van der Waals surface area contributed by atoms with E-state index in [4.69, 9.17) is 18.8 Å². The van der Waals surface area contributed by atoms with Crippen LogP contribution in [0.1, 0.15) is 24.0 Å². The van der Waals surface area contributed by atoms with Crippen LogP contribution in [0, 0.1) is 0 Å². The second-order valence-electron chi connectivity index (χ2n) is 14.8. The van der Waals surface area contributed by atoms with Crippen molar-refractivity contribution in [1.29, 1.82) is 0 Å². The Labute approximate surface area is 327 Å². The Bertz CT molecular complexity index is 3340. The standard InChI is InChI=1S/C51H34N4O2/c1-3-13-31(14-4-1)49-52-50(32-15-5-2-6-16-32)54-51(53-49)34-25-27-38-41-29-33(26-28-45(41)56-46(38)30-34)35-19-11-20-39-40-21-12-24-44(48(40)57-47(35)39)55-42-22-9-7-17-36(42)37-18-8-10-23-43(37)55/h1,3-5,7-30,50H,2,6H2,(H,52,53,54). The predicted molar refractivity (Wildman–Crippen MR) is 234 cm³/mol. The number of nitrogens with zero attached hydrogens (tertiary/aromatic N) is 3. The van der Waals surface area contributed by atoms with E-state index in [0.29, 0.717) is 5.84 Å². The molecule has 0 saturated heterocycles. The number of para-hydroxylation sites is 4. The first-order valence-electron chi connectivity index (χ1n) is 19.5. The number of furan rings is 2. The van der Waals surface area contributed by atoms with Crippen molar-refractivity contribution in [3.63, 3.8) is 0 Å². The molecule has 6 heteroatoms. The average Bonchev–Trinajstić information content (AvgIpc) is 3.96. The van der Waals surface area contributed by atoms with Crippen LogP contribution in [0.3, 0.4) is 0 Å². The van der Waals surface area contributed by atoms with Gasteiger partial charge in [-0.05, 0) is 66.4 Å². The first-order chi connectivity index (χ1) is 28.2. The molecule has 2 aliphatic rings. The minimum atomic E-state index is -0.225. The minimum absolute atomic E-state index is 0.225. The van der Waals surface area contributed by atoms with Crippen LogP contribution in [0.25, 0.3) is 82.5 Å². The third kappa shape index (κ3) is 5.04. The van der Waals surface area contributed by atoms with E-state index in [1.54, 1.807) is 0 Å². The molecule has 12 rings (SSSR count). The smallest absolute Gasteiger partial charge is 0.159 e. The number of aromatic nitrogens is 1. The van der Waals surface area contributed by atoms with Gasteiger partial charge in [0, 0.05) is 49.0 Å². The lowest BCUT2D eigenvalue weighted by Gasteiger charge is -2.25. The number of benzene rings is 7. The molecule has 1 aliphatic carbocycles. The van der Waals surface area contributed by atoms with Gasteiger partial charge in [-0.2, -0.15) is 0 Å². The minimum Gasteiger partial charge on any atom is -0.456 e. The highest BCUT2D eigenvalue weighted by Gasteiger charge is 2.24. The zero-order valence-electron chi connectivity index (χ0n) is 30.8. The fourth-order valence-corrected chi connectivity index (χ4v) is 8.80. The van der Waals surface area contributed by atoms with Gasteiger partial charge in [0.25, 0.3) is 0 Å². The number of allylic oxidation sites excluding steroid dienone is 2. The topological polar surface area (TPSA) is 68.0 Å². The SMILES string of the molecule is C1=CC(C2N=C(c3ccccc3)N=C(c3ccc4c(c3)oc3ccc(-c5cccc6c5oc5c(-n7c8ccccc8c8ccccc87)cccc56)cc34)N2)=CCC1. The van der Waals surface area contributed by atoms with Gasteiger partial charge in [0.1, 0.15) is 28.8 Å². The van der Waals surface area contributed by atoms with Gasteiger partial charge in [0.05, 0.1) is 16.7 Å². The number of nitrogens with one attached hydrogen (secondary N) is 1. The largest absolute Gasteiger partial charge is 0.456 e. The quantitative estimate of drug-likeness (QED) is 0.191. The number of rotatable bonds is 5. The van der Waals surface area contributed by atoms with Crippen LogP contribution in [0.4, 0.5) is 0 Å². The van der Waals surface area contributed by atoms with Gasteiger partial charge < -0.3 is 18.7 Å². The lowest BCUT2D eigenvalue weighted by Crippen LogP contribution is -2.40. The van der Waals surface area contributed by atoms with E-state index in [0.717, 1.165) is 107 Å². The maximum Gasteiger partial charge on any atom is 0.159 e. The highest BCUT2D eigenvalue weighted by Crippen LogP contribution is 2.42. The number of amidine groups is 2. The van der Waals surface area contributed by atoms with E-state index in [1.807, 2.05) is 18.2 Å². The monoisotopic (exact) mass is 734 g/mol. The van der Waals surface area contributed by atoms with Crippen LogP contribution in [0.2, 0.25) is 0 Å². The molecule has 7 aromatic carbocycles. The molecule has 0 radical (unpaired) electrons. The summed E-state index contributed by atoms with van der Waals surface area (Å²) >= 11 is 0. The van der Waals surface area contributed by atoms with Gasteiger partial charge >= 0.3 is 0 Å². The van der Waals surface area contributed by atoms with Crippen LogP contribution in [0.15, 0.2) is 194 Å². The Morgan fingerprint density at radius 2 is 1.28 bits per heavy atom. The van der Waals surface area contributed by atoms with Crippen LogP contribution in [-0.4, -0.2) is 22.4 Å². The molecule has 4 heterocycles. The molecule has 1 unspecified atom stereocenters. The summed E-state index contributed by atoms with van der Waals surface area (Å²) in [6, 6.07) is 53.1. The molecule has 0 spiro atoms. The van der Waals surface area contributed by atoms with Crippen molar-refractivity contribution < 1.29 is 8.83 Å². The summed E-state index contributed by atoms with van der Waals surface area (Å²) in [5.74, 6) is 1.49. The highest BCUT2D eigenvalue weighted by molar-refractivity contribution is 6.17. The average molecular weight is 735 g/mol. The van der Waals surface area contributed by atoms with E-state index < -0.39 is 0 Å². The Morgan fingerprint density at radius 3 is 2.09 bits per heavy atom. The Kier molecular flexibility index (Phi) is 7.01. The van der Waals surface area contributed by atoms with E-state index in [9.17, 15) is 0 Å². The number of fused-ring (bicyclic) bond motifs is 9. The first-order valence-corrected chi connectivity index (χ1v) is 19.5. The van der Waals surface area contributed by atoms with E-state index >= 15 is 0 Å². The highest BCUT2D eigenvalue weighted by atomic mass is 16.3. The summed E-state index contributed by atoms with van der Waals surface area (Å²) in [4.78, 5) is 10.1. The second-order valence-corrected chi connectivity index (χ2v) is 14.8. The predicted octanol–water partition coefficient (Wildman–Crippen LogP) is 12.6. The lowest BCUT2D eigenvalue weighted by atomic mass is 10.00. The van der Waals surface area contributed by atoms with Gasteiger partial charge in [0.2, 0.25) is 0 Å². The van der Waals surface area contributed by atoms with Crippen molar-refractivity contribution in [2.24, 2.45) is 9.98 Å². The van der Waals surface area contributed by atoms with Gasteiger partial charge in [-0.25, -0.2) is 9.98 Å². The molecule has 1 atom stereocenters. The molecule has 6 nitrogen and oxygen atoms in total. The van der Waals surface area contributed by atoms with Gasteiger partial charge in [-0.15, -0.1) is 0 Å². The maximum atomic E-state index is 6.97. The molecule has 0 saturated carbocycles. The molecule has 0 amide bonds. The van der Waals surface area contributed by atoms with Gasteiger partial charge in [-0.3, -0.25) is 0 Å². The van der Waals surface area contributed by atoms with E-state index in [-0.39, 0.29) is 6.17 Å². The van der Waals surface area contributed by atoms with Crippen molar-refractivity contribution in [3.05, 3.63) is 187 Å². The molecule has 1 N–H and O–H groups in total. The van der Waals surface area contributed by atoms with Crippen LogP contribution in [-0.2, 0) is 0 Å². The third-order valence-corrected chi connectivity index (χ3v) is 11.5. The molecular formula is C51H34N4O2. The Hall–Kier alpha value is -7.44. The van der Waals surface area contributed by atoms with Gasteiger partial charge in [0.15, 0.2) is 11.4 Å². The Morgan fingerprint density at radius 1 is 0.544 bits per heavy atom. The van der Waals surface area contributed by atoms with Gasteiger partial charge in [-0.1, -0.05) is 127 Å². The molecule has 1 aliphatic heterocycles. The van der Waals surface area contributed by atoms with E-state index in [1.165, 1.54) is 10.8 Å². The molecule has 0 bridgehead atoms. The van der Waals surface area contributed by atoms with Crippen LogP contribution in [0.5, 0.6) is 0 Å². The molecular weight excluding hydrogens is 701 g/mol. The van der Waals surface area contributed by atoms with Crippen LogP contribution >= 0.6 is 0 Å². The fourth-order valence-electron chi connectivity index (χ4n) is 8.80. The second kappa shape index (κ2) is 12.5. The van der Waals surface area contributed by atoms with E-state index in [2.05, 4.69) is 162 Å². The van der Waals surface area contributed by atoms with Crippen molar-refractivity contribution in [3.8, 4) is 16.8 Å². The van der Waals surface area contributed by atoms with Crippen molar-refractivity contribution in [2.45, 2.75) is 19.0 Å². The number of hydrogen-bond acceptors (Lipinski definition) is 5. The third-order valence-electron chi connectivity index (χ3n) is 11.5. The summed E-state index contributed by atoms with van der Waals surface area (Å²) in [5.41, 5.74) is 11.9. The van der Waals surface area contributed by atoms with Crippen molar-refractivity contribution >= 4 is 77.4 Å². The van der Waals surface area contributed by atoms with Crippen molar-refractivity contribution in [1.82, 2.24) is 9.88 Å². The summed E-state index contributed by atoms with van der Waals surface area (Å²) in [6.45, 7) is 0. The lowest BCUT2D eigenvalue weighted by molar-refractivity contribution is 0.666. The summed E-state index contributed by atoms with van der Waals surface area (Å²) < 4.78 is 15.8. The summed E-state index contributed by atoms with van der Waals surface area (Å²) in [6.07, 6.45) is 8.49.